The lowest BCUT2D eigenvalue weighted by Gasteiger charge is -2.01. The zero-order chi connectivity index (χ0) is 20.1. The molecule has 0 bridgehead atoms. The lowest BCUT2D eigenvalue weighted by molar-refractivity contribution is 1.01. The minimum Gasteiger partial charge on any atom is -0.353 e. The van der Waals surface area contributed by atoms with Crippen LogP contribution in [0.5, 0.6) is 0 Å². The molecule has 0 saturated carbocycles. The average molecular weight is 392 g/mol. The second kappa shape index (κ2) is 6.35. The van der Waals surface area contributed by atoms with Crippen LogP contribution in [0.25, 0.3) is 50.3 Å². The Bertz CT molecular complexity index is 1510. The van der Waals surface area contributed by atoms with E-state index < -0.39 is 0 Å². The van der Waals surface area contributed by atoms with Crippen molar-refractivity contribution in [2.75, 3.05) is 0 Å². The molecule has 8 heteroatoms. The average Bonchev–Trinajstić information content (AvgIpc) is 3.51. The van der Waals surface area contributed by atoms with Crippen molar-refractivity contribution in [1.29, 1.82) is 0 Å². The predicted molar refractivity (Wildman–Crippen MR) is 114 cm³/mol. The quantitative estimate of drug-likeness (QED) is 0.473. The second-order valence-electron chi connectivity index (χ2n) is 7.12. The molecule has 0 unspecified atom stereocenters. The molecule has 0 saturated heterocycles. The topological polar surface area (TPSA) is 101 Å². The first-order valence-corrected chi connectivity index (χ1v) is 9.50. The maximum absolute atomic E-state index is 4.56. The summed E-state index contributed by atoms with van der Waals surface area (Å²) in [5.41, 5.74) is 6.45. The molecule has 0 aliphatic rings. The lowest BCUT2D eigenvalue weighted by Crippen LogP contribution is -1.94. The van der Waals surface area contributed by atoms with E-state index in [1.807, 2.05) is 48.1 Å². The molecular formula is C22H16N8. The number of nitrogens with zero attached hydrogens (tertiary/aromatic N) is 6. The summed E-state index contributed by atoms with van der Waals surface area (Å²) in [4.78, 5) is 21.0. The molecule has 144 valence electrons. The normalized spacial score (nSPS) is 11.5. The molecule has 0 fully saturated rings. The summed E-state index contributed by atoms with van der Waals surface area (Å²) in [5.74, 6) is 0.828. The van der Waals surface area contributed by atoms with E-state index in [2.05, 4.69) is 41.2 Å². The van der Waals surface area contributed by atoms with Crippen LogP contribution < -0.4 is 0 Å². The third-order valence-electron chi connectivity index (χ3n) is 5.16. The molecule has 6 heterocycles. The molecule has 8 nitrogen and oxygen atoms in total. The van der Waals surface area contributed by atoms with E-state index in [0.717, 1.165) is 56.0 Å². The van der Waals surface area contributed by atoms with Gasteiger partial charge in [-0.15, -0.1) is 0 Å². The molecule has 0 atom stereocenters. The summed E-state index contributed by atoms with van der Waals surface area (Å²) in [6, 6.07) is 9.98. The predicted octanol–water partition coefficient (Wildman–Crippen LogP) is 4.06. The van der Waals surface area contributed by atoms with E-state index in [9.17, 15) is 0 Å². The number of H-pyrrole nitrogens is 2. The standard InChI is InChI=1S/C22H16N8/c1-13-11-30(12-26-13)22-16-9-19(27-17(16)4-7-24-22)21-15-8-18(14-2-5-23-6-3-14)25-10-20(15)28-29-21/h2-12,27H,1H3,(H,28,29). The van der Waals surface area contributed by atoms with Crippen molar-refractivity contribution in [3.05, 3.63) is 73.3 Å². The number of fused-ring (bicyclic) bond motifs is 2. The largest absolute Gasteiger partial charge is 0.353 e. The number of pyridine rings is 3. The minimum atomic E-state index is 0.828. The molecule has 0 radical (unpaired) electrons. The zero-order valence-corrected chi connectivity index (χ0v) is 16.0. The van der Waals surface area contributed by atoms with Gasteiger partial charge in [-0.2, -0.15) is 5.10 Å². The van der Waals surface area contributed by atoms with E-state index in [1.54, 1.807) is 24.9 Å². The summed E-state index contributed by atoms with van der Waals surface area (Å²) in [5, 5.41) is 9.64. The van der Waals surface area contributed by atoms with E-state index in [-0.39, 0.29) is 0 Å². The van der Waals surface area contributed by atoms with Crippen LogP contribution in [0.4, 0.5) is 0 Å². The van der Waals surface area contributed by atoms with Gasteiger partial charge in [0.2, 0.25) is 0 Å². The zero-order valence-electron chi connectivity index (χ0n) is 16.0. The Balaban J connectivity index is 1.52. The first-order valence-electron chi connectivity index (χ1n) is 9.50. The van der Waals surface area contributed by atoms with Crippen molar-refractivity contribution in [2.45, 2.75) is 6.92 Å². The monoisotopic (exact) mass is 392 g/mol. The van der Waals surface area contributed by atoms with Crippen molar-refractivity contribution in [2.24, 2.45) is 0 Å². The van der Waals surface area contributed by atoms with E-state index >= 15 is 0 Å². The number of hydrogen-bond acceptors (Lipinski definition) is 5. The van der Waals surface area contributed by atoms with Gasteiger partial charge >= 0.3 is 0 Å². The van der Waals surface area contributed by atoms with Gasteiger partial charge in [0.15, 0.2) is 0 Å². The number of aromatic nitrogens is 8. The fraction of sp³-hybridized carbons (Fsp3) is 0.0455. The Morgan fingerprint density at radius 1 is 0.900 bits per heavy atom. The summed E-state index contributed by atoms with van der Waals surface area (Å²) >= 11 is 0. The number of imidazole rings is 1. The number of aryl methyl sites for hydroxylation is 1. The Labute approximate surface area is 170 Å². The van der Waals surface area contributed by atoms with Gasteiger partial charge in [-0.3, -0.25) is 19.6 Å². The van der Waals surface area contributed by atoms with Crippen molar-refractivity contribution >= 4 is 21.8 Å². The molecule has 6 aromatic heterocycles. The molecule has 0 spiro atoms. The van der Waals surface area contributed by atoms with Gasteiger partial charge in [0.05, 0.1) is 34.3 Å². The maximum atomic E-state index is 4.56. The molecule has 0 aromatic carbocycles. The van der Waals surface area contributed by atoms with Crippen molar-refractivity contribution < 1.29 is 0 Å². The summed E-state index contributed by atoms with van der Waals surface area (Å²) in [6.45, 7) is 1.96. The van der Waals surface area contributed by atoms with Crippen LogP contribution in [-0.4, -0.2) is 39.7 Å². The molecule has 6 rings (SSSR count). The summed E-state index contributed by atoms with van der Waals surface area (Å²) in [7, 11) is 0. The van der Waals surface area contributed by atoms with Crippen LogP contribution in [0, 0.1) is 6.92 Å². The smallest absolute Gasteiger partial charge is 0.147 e. The Morgan fingerprint density at radius 2 is 1.80 bits per heavy atom. The van der Waals surface area contributed by atoms with Crippen LogP contribution in [0.3, 0.4) is 0 Å². The molecule has 0 aliphatic carbocycles. The van der Waals surface area contributed by atoms with Crippen LogP contribution in [0.2, 0.25) is 0 Å². The molecule has 6 aromatic rings. The van der Waals surface area contributed by atoms with Gasteiger partial charge in [0.25, 0.3) is 0 Å². The molecule has 2 N–H and O–H groups in total. The Hall–Kier alpha value is -4.33. The number of nitrogens with one attached hydrogen (secondary N) is 2. The number of rotatable bonds is 3. The molecular weight excluding hydrogens is 376 g/mol. The maximum Gasteiger partial charge on any atom is 0.147 e. The third kappa shape index (κ3) is 2.58. The lowest BCUT2D eigenvalue weighted by atomic mass is 10.1. The van der Waals surface area contributed by atoms with Gasteiger partial charge in [0, 0.05) is 41.1 Å². The van der Waals surface area contributed by atoms with Crippen molar-refractivity contribution in [1.82, 2.24) is 39.7 Å². The fourth-order valence-corrected chi connectivity index (χ4v) is 3.71. The van der Waals surface area contributed by atoms with E-state index in [1.165, 1.54) is 0 Å². The molecule has 0 amide bonds. The fourth-order valence-electron chi connectivity index (χ4n) is 3.71. The summed E-state index contributed by atoms with van der Waals surface area (Å²) < 4.78 is 1.93. The van der Waals surface area contributed by atoms with Crippen LogP contribution >= 0.6 is 0 Å². The van der Waals surface area contributed by atoms with E-state index in [0.29, 0.717) is 0 Å². The highest BCUT2D eigenvalue weighted by molar-refractivity contribution is 5.98. The Kier molecular flexibility index (Phi) is 3.51. The van der Waals surface area contributed by atoms with Crippen LogP contribution in [0.1, 0.15) is 5.69 Å². The highest BCUT2D eigenvalue weighted by Crippen LogP contribution is 2.32. The van der Waals surface area contributed by atoms with Crippen molar-refractivity contribution in [3.63, 3.8) is 0 Å². The highest BCUT2D eigenvalue weighted by atomic mass is 15.1. The van der Waals surface area contributed by atoms with E-state index in [4.69, 9.17) is 0 Å². The third-order valence-corrected chi connectivity index (χ3v) is 5.16. The number of hydrogen-bond donors (Lipinski definition) is 2. The molecule has 0 aliphatic heterocycles. The SMILES string of the molecule is Cc1cn(-c2nccc3[nH]c(-c4n[nH]c5cnc(-c6ccncc6)cc45)cc23)cn1. The Morgan fingerprint density at radius 3 is 2.63 bits per heavy atom. The van der Waals surface area contributed by atoms with Gasteiger partial charge < -0.3 is 4.98 Å². The highest BCUT2D eigenvalue weighted by Gasteiger charge is 2.15. The van der Waals surface area contributed by atoms with Crippen LogP contribution in [-0.2, 0) is 0 Å². The van der Waals surface area contributed by atoms with Gasteiger partial charge in [-0.25, -0.2) is 9.97 Å². The van der Waals surface area contributed by atoms with Gasteiger partial charge in [0.1, 0.15) is 17.8 Å². The second-order valence-corrected chi connectivity index (χ2v) is 7.12. The molecule has 30 heavy (non-hydrogen) atoms. The van der Waals surface area contributed by atoms with Crippen LogP contribution in [0.15, 0.2) is 67.6 Å². The van der Waals surface area contributed by atoms with Gasteiger partial charge in [-0.05, 0) is 37.3 Å². The first-order chi connectivity index (χ1) is 14.8. The minimum absolute atomic E-state index is 0.828. The van der Waals surface area contributed by atoms with Crippen molar-refractivity contribution in [3.8, 4) is 28.5 Å². The number of aromatic amines is 2. The first kappa shape index (κ1) is 16.6. The van der Waals surface area contributed by atoms with Gasteiger partial charge in [-0.1, -0.05) is 0 Å². The summed E-state index contributed by atoms with van der Waals surface area (Å²) in [6.07, 6.45) is 10.9.